The molecule has 0 saturated carbocycles. The van der Waals surface area contributed by atoms with Crippen LogP contribution in [0.2, 0.25) is 0 Å². The molecule has 3 aromatic rings. The van der Waals surface area contributed by atoms with Crippen LogP contribution in [0.3, 0.4) is 0 Å². The highest BCUT2D eigenvalue weighted by atomic mass is 16.3. The predicted molar refractivity (Wildman–Crippen MR) is 96.9 cm³/mol. The number of hydrogen-bond donors (Lipinski definition) is 3. The van der Waals surface area contributed by atoms with Gasteiger partial charge in [-0.2, -0.15) is 5.10 Å². The number of anilines is 1. The van der Waals surface area contributed by atoms with Crippen molar-refractivity contribution >= 4 is 22.9 Å². The molecule has 5 nitrogen and oxygen atoms in total. The van der Waals surface area contributed by atoms with E-state index in [1.54, 1.807) is 12.3 Å². The van der Waals surface area contributed by atoms with Gasteiger partial charge < -0.3 is 10.2 Å². The highest BCUT2D eigenvalue weighted by Crippen LogP contribution is 2.25. The minimum absolute atomic E-state index is 0.155. The van der Waals surface area contributed by atoms with Crippen LogP contribution in [0.25, 0.3) is 10.9 Å². The van der Waals surface area contributed by atoms with E-state index in [4.69, 9.17) is 0 Å². The Hall–Kier alpha value is -3.08. The molecule has 0 fully saturated rings. The molecule has 1 aromatic heterocycles. The molecule has 3 rings (SSSR count). The van der Waals surface area contributed by atoms with Gasteiger partial charge in [0.15, 0.2) is 11.5 Å². The fourth-order valence-electron chi connectivity index (χ4n) is 2.70. The van der Waals surface area contributed by atoms with Gasteiger partial charge in [0.1, 0.15) is 5.82 Å². The third kappa shape index (κ3) is 3.15. The lowest BCUT2D eigenvalue weighted by molar-refractivity contribution is 0.403. The van der Waals surface area contributed by atoms with E-state index in [1.165, 1.54) is 17.7 Å². The number of aromatic hydroxyl groups is 2. The lowest BCUT2D eigenvalue weighted by Crippen LogP contribution is -1.97. The first-order valence-corrected chi connectivity index (χ1v) is 7.63. The summed E-state index contributed by atoms with van der Waals surface area (Å²) in [5, 5.41) is 24.1. The Bertz CT molecular complexity index is 949. The molecule has 0 aliphatic carbocycles. The summed E-state index contributed by atoms with van der Waals surface area (Å²) in [6, 6.07) is 10.7. The van der Waals surface area contributed by atoms with Crippen LogP contribution in [0.1, 0.15) is 22.3 Å². The van der Waals surface area contributed by atoms with E-state index in [1.807, 2.05) is 13.0 Å². The summed E-state index contributed by atoms with van der Waals surface area (Å²) in [6.07, 6.45) is 1.56. The second-order valence-corrected chi connectivity index (χ2v) is 5.92. The molecule has 3 N–H and O–H groups in total. The summed E-state index contributed by atoms with van der Waals surface area (Å²) >= 11 is 0. The summed E-state index contributed by atoms with van der Waals surface area (Å²) in [5.74, 6) is 0.327. The van der Waals surface area contributed by atoms with E-state index >= 15 is 0 Å². The molecule has 0 saturated heterocycles. The van der Waals surface area contributed by atoms with E-state index in [9.17, 15) is 10.2 Å². The fourth-order valence-corrected chi connectivity index (χ4v) is 2.70. The molecular formula is C19H19N3O2. The van der Waals surface area contributed by atoms with Crippen LogP contribution < -0.4 is 5.43 Å². The summed E-state index contributed by atoms with van der Waals surface area (Å²) in [7, 11) is 0. The third-order valence-corrected chi connectivity index (χ3v) is 3.85. The molecular weight excluding hydrogens is 302 g/mol. The van der Waals surface area contributed by atoms with Crippen LogP contribution in [0.5, 0.6) is 11.5 Å². The van der Waals surface area contributed by atoms with Crippen molar-refractivity contribution in [2.75, 3.05) is 5.43 Å². The van der Waals surface area contributed by atoms with Crippen LogP contribution in [-0.2, 0) is 0 Å². The number of hydrogen-bond acceptors (Lipinski definition) is 5. The first-order valence-electron chi connectivity index (χ1n) is 7.63. The lowest BCUT2D eigenvalue weighted by atomic mass is 10.0. The van der Waals surface area contributed by atoms with Gasteiger partial charge in [0.2, 0.25) is 0 Å². The van der Waals surface area contributed by atoms with Crippen LogP contribution in [-0.4, -0.2) is 21.4 Å². The largest absolute Gasteiger partial charge is 0.504 e. The maximum Gasteiger partial charge on any atom is 0.158 e. The molecule has 2 aromatic carbocycles. The second kappa shape index (κ2) is 6.20. The average Bonchev–Trinajstić information content (AvgIpc) is 2.52. The highest BCUT2D eigenvalue weighted by molar-refractivity contribution is 5.87. The molecule has 0 bridgehead atoms. The summed E-state index contributed by atoms with van der Waals surface area (Å²) in [6.45, 7) is 6.18. The van der Waals surface area contributed by atoms with E-state index < -0.39 is 0 Å². The van der Waals surface area contributed by atoms with Crippen molar-refractivity contribution in [3.63, 3.8) is 0 Å². The molecule has 0 unspecified atom stereocenters. The highest BCUT2D eigenvalue weighted by Gasteiger charge is 2.06. The topological polar surface area (TPSA) is 77.7 Å². The Kier molecular flexibility index (Phi) is 4.08. The molecule has 122 valence electrons. The first kappa shape index (κ1) is 15.8. The molecule has 0 aliphatic rings. The van der Waals surface area contributed by atoms with E-state index in [-0.39, 0.29) is 11.5 Å². The maximum absolute atomic E-state index is 9.48. The van der Waals surface area contributed by atoms with Gasteiger partial charge in [-0.1, -0.05) is 11.6 Å². The van der Waals surface area contributed by atoms with Crippen molar-refractivity contribution in [1.82, 2.24) is 4.98 Å². The summed E-state index contributed by atoms with van der Waals surface area (Å²) in [5.41, 5.74) is 8.02. The van der Waals surface area contributed by atoms with Crippen LogP contribution in [0.4, 0.5) is 5.82 Å². The average molecular weight is 321 g/mol. The maximum atomic E-state index is 9.48. The number of nitrogens with one attached hydrogen (secondary N) is 1. The zero-order chi connectivity index (χ0) is 17.3. The lowest BCUT2D eigenvalue weighted by Gasteiger charge is -2.09. The van der Waals surface area contributed by atoms with Crippen LogP contribution in [0.15, 0.2) is 41.5 Å². The molecule has 0 spiro atoms. The molecule has 0 atom stereocenters. The monoisotopic (exact) mass is 321 g/mol. The smallest absolute Gasteiger partial charge is 0.158 e. The Labute approximate surface area is 140 Å². The number of pyridine rings is 1. The van der Waals surface area contributed by atoms with Gasteiger partial charge in [0, 0.05) is 5.39 Å². The third-order valence-electron chi connectivity index (χ3n) is 3.85. The number of nitrogens with zero attached hydrogens (tertiary/aromatic N) is 2. The van der Waals surface area contributed by atoms with Gasteiger partial charge in [0.05, 0.1) is 11.7 Å². The quantitative estimate of drug-likeness (QED) is 0.387. The summed E-state index contributed by atoms with van der Waals surface area (Å²) in [4.78, 5) is 4.63. The molecule has 0 aliphatic heterocycles. The van der Waals surface area contributed by atoms with Crippen LogP contribution in [0, 0.1) is 20.8 Å². The van der Waals surface area contributed by atoms with Gasteiger partial charge in [-0.3, -0.25) is 5.43 Å². The number of aromatic nitrogens is 1. The van der Waals surface area contributed by atoms with Crippen molar-refractivity contribution in [3.8, 4) is 11.5 Å². The predicted octanol–water partition coefficient (Wildman–Crippen LogP) is 4.02. The van der Waals surface area contributed by atoms with Crippen LogP contribution >= 0.6 is 0 Å². The van der Waals surface area contributed by atoms with E-state index in [2.05, 4.69) is 41.5 Å². The number of fused-ring (bicyclic) bond motifs is 1. The van der Waals surface area contributed by atoms with Gasteiger partial charge in [-0.25, -0.2) is 4.98 Å². The Morgan fingerprint density at radius 2 is 1.75 bits per heavy atom. The number of phenols is 2. The van der Waals surface area contributed by atoms with Crippen molar-refractivity contribution in [3.05, 3.63) is 58.7 Å². The zero-order valence-corrected chi connectivity index (χ0v) is 13.8. The molecule has 1 heterocycles. The van der Waals surface area contributed by atoms with Crippen molar-refractivity contribution in [2.45, 2.75) is 20.8 Å². The Morgan fingerprint density at radius 3 is 2.50 bits per heavy atom. The van der Waals surface area contributed by atoms with E-state index in [0.29, 0.717) is 11.4 Å². The molecule has 24 heavy (non-hydrogen) atoms. The number of hydrazone groups is 1. The Balaban J connectivity index is 1.87. The minimum atomic E-state index is -0.176. The minimum Gasteiger partial charge on any atom is -0.504 e. The van der Waals surface area contributed by atoms with E-state index in [0.717, 1.165) is 22.0 Å². The fraction of sp³-hybridized carbons (Fsp3) is 0.158. The second-order valence-electron chi connectivity index (χ2n) is 5.92. The number of rotatable bonds is 3. The molecule has 0 radical (unpaired) electrons. The Morgan fingerprint density at radius 1 is 0.958 bits per heavy atom. The van der Waals surface area contributed by atoms with Gasteiger partial charge in [-0.15, -0.1) is 0 Å². The first-order chi connectivity index (χ1) is 11.4. The van der Waals surface area contributed by atoms with Crippen molar-refractivity contribution in [2.24, 2.45) is 5.10 Å². The zero-order valence-electron chi connectivity index (χ0n) is 13.8. The number of phenolic OH excluding ortho intramolecular Hbond substituents is 2. The SMILES string of the molecule is Cc1cc(C)c2nc(NN=Cc3ccc(O)c(O)c3)cc(C)c2c1. The van der Waals surface area contributed by atoms with Crippen molar-refractivity contribution < 1.29 is 10.2 Å². The number of benzene rings is 2. The van der Waals surface area contributed by atoms with Gasteiger partial charge >= 0.3 is 0 Å². The standard InChI is InChI=1S/C19H19N3O2/c1-11-6-13(3)19-15(7-11)12(2)8-18(21-19)22-20-10-14-4-5-16(23)17(24)9-14/h4-10,23-24H,1-3H3,(H,21,22). The van der Waals surface area contributed by atoms with Gasteiger partial charge in [-0.05, 0) is 67.8 Å². The molecule has 0 amide bonds. The number of aryl methyl sites for hydroxylation is 3. The van der Waals surface area contributed by atoms with Gasteiger partial charge in [0.25, 0.3) is 0 Å². The normalized spacial score (nSPS) is 11.3. The van der Waals surface area contributed by atoms with Crippen molar-refractivity contribution in [1.29, 1.82) is 0 Å². The summed E-state index contributed by atoms with van der Waals surface area (Å²) < 4.78 is 0. The molecule has 5 heteroatoms.